The lowest BCUT2D eigenvalue weighted by Gasteiger charge is -2.47. The SMILES string of the molecule is C[C@H]1C/C=C/[C@H]2C=C(C(=O)O)[C@@H](C)[C@H]3[C@H](Cc4ccccc4)NC(=O)[C@]32[C@H](O)/C=C/[C@](C)(O)C1. The van der Waals surface area contributed by atoms with Crippen LogP contribution < -0.4 is 5.32 Å². The van der Waals surface area contributed by atoms with Crippen LogP contribution >= 0.6 is 0 Å². The van der Waals surface area contributed by atoms with E-state index < -0.39 is 40.8 Å². The van der Waals surface area contributed by atoms with Crippen molar-refractivity contribution in [2.75, 3.05) is 0 Å². The molecule has 6 nitrogen and oxygen atoms in total. The third-order valence-corrected chi connectivity index (χ3v) is 7.95. The lowest BCUT2D eigenvalue weighted by molar-refractivity contribution is -0.141. The number of benzene rings is 1. The molecule has 182 valence electrons. The predicted molar refractivity (Wildman–Crippen MR) is 130 cm³/mol. The summed E-state index contributed by atoms with van der Waals surface area (Å²) in [5.74, 6) is -2.59. The molecule has 1 saturated heterocycles. The Morgan fingerprint density at radius 3 is 2.56 bits per heavy atom. The van der Waals surface area contributed by atoms with Crippen molar-refractivity contribution < 1.29 is 24.9 Å². The third kappa shape index (κ3) is 4.25. The number of amides is 1. The van der Waals surface area contributed by atoms with Crippen molar-refractivity contribution in [2.45, 2.75) is 57.8 Å². The van der Waals surface area contributed by atoms with E-state index in [4.69, 9.17) is 0 Å². The first-order valence-electron chi connectivity index (χ1n) is 12.1. The topological polar surface area (TPSA) is 107 Å². The molecule has 1 heterocycles. The number of rotatable bonds is 3. The highest BCUT2D eigenvalue weighted by atomic mass is 16.4. The fourth-order valence-electron chi connectivity index (χ4n) is 6.51. The van der Waals surface area contributed by atoms with E-state index >= 15 is 0 Å². The summed E-state index contributed by atoms with van der Waals surface area (Å²) in [4.78, 5) is 26.0. The molecule has 1 aliphatic heterocycles. The van der Waals surface area contributed by atoms with Crippen LogP contribution in [0.4, 0.5) is 0 Å². The summed E-state index contributed by atoms with van der Waals surface area (Å²) >= 11 is 0. The van der Waals surface area contributed by atoms with E-state index in [1.807, 2.05) is 56.3 Å². The van der Waals surface area contributed by atoms with Gasteiger partial charge in [0.25, 0.3) is 0 Å². The molecule has 1 aromatic carbocycles. The predicted octanol–water partition coefficient (Wildman–Crippen LogP) is 3.26. The van der Waals surface area contributed by atoms with Crippen molar-refractivity contribution in [1.82, 2.24) is 5.32 Å². The number of aliphatic hydroxyl groups excluding tert-OH is 1. The molecular weight excluding hydrogens is 430 g/mol. The fraction of sp³-hybridized carbons (Fsp3) is 0.500. The average Bonchev–Trinajstić information content (AvgIpc) is 3.06. The average molecular weight is 466 g/mol. The van der Waals surface area contributed by atoms with Crippen LogP contribution in [-0.4, -0.2) is 44.9 Å². The summed E-state index contributed by atoms with van der Waals surface area (Å²) < 4.78 is 0. The summed E-state index contributed by atoms with van der Waals surface area (Å²) in [6.45, 7) is 5.59. The van der Waals surface area contributed by atoms with Crippen molar-refractivity contribution in [3.63, 3.8) is 0 Å². The molecule has 6 heteroatoms. The van der Waals surface area contributed by atoms with E-state index in [0.717, 1.165) is 5.56 Å². The van der Waals surface area contributed by atoms with Crippen LogP contribution in [-0.2, 0) is 16.0 Å². The number of aliphatic carboxylic acids is 1. The maximum atomic E-state index is 13.8. The summed E-state index contributed by atoms with van der Waals surface area (Å²) in [5.41, 5.74) is -1.08. The van der Waals surface area contributed by atoms with E-state index in [0.29, 0.717) is 19.3 Å². The van der Waals surface area contributed by atoms with Gasteiger partial charge in [-0.15, -0.1) is 0 Å². The van der Waals surface area contributed by atoms with Crippen molar-refractivity contribution in [3.8, 4) is 0 Å². The van der Waals surface area contributed by atoms with Crippen molar-refractivity contribution in [1.29, 1.82) is 0 Å². The van der Waals surface area contributed by atoms with Gasteiger partial charge in [-0.3, -0.25) is 4.79 Å². The van der Waals surface area contributed by atoms with Gasteiger partial charge < -0.3 is 20.6 Å². The molecule has 1 spiro atoms. The van der Waals surface area contributed by atoms with E-state index in [2.05, 4.69) is 5.32 Å². The molecule has 0 aromatic heterocycles. The van der Waals surface area contributed by atoms with Crippen LogP contribution in [0.5, 0.6) is 0 Å². The van der Waals surface area contributed by atoms with E-state index in [9.17, 15) is 24.9 Å². The van der Waals surface area contributed by atoms with Gasteiger partial charge in [0.05, 0.1) is 17.1 Å². The molecule has 2 aliphatic carbocycles. The number of allylic oxidation sites excluding steroid dienone is 3. The lowest BCUT2D eigenvalue weighted by atomic mass is 9.54. The van der Waals surface area contributed by atoms with Crippen molar-refractivity contribution in [3.05, 3.63) is 71.8 Å². The Morgan fingerprint density at radius 1 is 1.18 bits per heavy atom. The molecule has 1 aromatic rings. The molecule has 1 amide bonds. The Hall–Kier alpha value is -2.70. The Kier molecular flexibility index (Phi) is 6.58. The molecular formula is C28H35NO5. The first-order chi connectivity index (χ1) is 16.1. The van der Waals surface area contributed by atoms with Gasteiger partial charge in [-0.05, 0) is 43.6 Å². The van der Waals surface area contributed by atoms with Crippen molar-refractivity contribution >= 4 is 11.9 Å². The smallest absolute Gasteiger partial charge is 0.331 e. The van der Waals surface area contributed by atoms with Gasteiger partial charge in [-0.25, -0.2) is 4.79 Å². The van der Waals surface area contributed by atoms with Crippen LogP contribution in [0.15, 0.2) is 66.3 Å². The highest BCUT2D eigenvalue weighted by molar-refractivity contribution is 5.92. The number of carboxylic acids is 1. The zero-order chi connectivity index (χ0) is 24.7. The number of carboxylic acid groups (broad SMARTS) is 1. The standard InChI is InChI=1S/C28H35NO5/c1-17-8-7-11-20-15-21(25(31)32)18(2)24-22(14-19-9-5-4-6-10-19)29-26(33)28(20,24)23(30)12-13-27(3,34)16-17/h4-7,9-13,15,17-18,20,22-24,30,34H,8,14,16H2,1-3H3,(H,29,33)(H,31,32)/b11-7+,13-12+/t17-,18+,20-,22-,23+,24-,27-,28+/m0/s1. The second kappa shape index (κ2) is 9.16. The Balaban J connectivity index is 1.88. The van der Waals surface area contributed by atoms with Crippen LogP contribution in [0.3, 0.4) is 0 Å². The lowest BCUT2D eigenvalue weighted by Crippen LogP contribution is -2.54. The van der Waals surface area contributed by atoms with Crippen LogP contribution in [0.1, 0.15) is 39.2 Å². The van der Waals surface area contributed by atoms with Gasteiger partial charge in [0.1, 0.15) is 0 Å². The summed E-state index contributed by atoms with van der Waals surface area (Å²) in [5, 5.41) is 35.6. The number of carbonyl (C=O) groups is 2. The number of aliphatic hydroxyl groups is 2. The number of nitrogens with one attached hydrogen (secondary N) is 1. The van der Waals surface area contributed by atoms with E-state index in [1.165, 1.54) is 0 Å². The highest BCUT2D eigenvalue weighted by Crippen LogP contribution is 2.56. The van der Waals surface area contributed by atoms with Gasteiger partial charge in [0.2, 0.25) is 5.91 Å². The minimum absolute atomic E-state index is 0.173. The monoisotopic (exact) mass is 465 g/mol. The molecule has 0 unspecified atom stereocenters. The number of hydrogen-bond donors (Lipinski definition) is 4. The number of carbonyl (C=O) groups excluding carboxylic acids is 1. The van der Waals surface area contributed by atoms with Crippen LogP contribution in [0, 0.1) is 29.1 Å². The number of hydrogen-bond acceptors (Lipinski definition) is 4. The molecule has 0 radical (unpaired) electrons. The molecule has 8 atom stereocenters. The van der Waals surface area contributed by atoms with Crippen LogP contribution in [0.2, 0.25) is 0 Å². The van der Waals surface area contributed by atoms with Gasteiger partial charge in [0.15, 0.2) is 0 Å². The first kappa shape index (κ1) is 24.4. The highest BCUT2D eigenvalue weighted by Gasteiger charge is 2.65. The fourth-order valence-corrected chi connectivity index (χ4v) is 6.51. The second-order valence-electron chi connectivity index (χ2n) is 10.6. The Bertz CT molecular complexity index is 1030. The maximum absolute atomic E-state index is 13.8. The molecule has 4 rings (SSSR count). The summed E-state index contributed by atoms with van der Waals surface area (Å²) in [6, 6.07) is 9.45. The molecule has 4 N–H and O–H groups in total. The third-order valence-electron chi connectivity index (χ3n) is 7.95. The van der Waals surface area contributed by atoms with Gasteiger partial charge in [-0.2, -0.15) is 0 Å². The first-order valence-corrected chi connectivity index (χ1v) is 12.1. The van der Waals surface area contributed by atoms with E-state index in [-0.39, 0.29) is 23.4 Å². The van der Waals surface area contributed by atoms with Gasteiger partial charge >= 0.3 is 5.97 Å². The Morgan fingerprint density at radius 2 is 1.88 bits per heavy atom. The molecule has 1 fully saturated rings. The molecule has 0 bridgehead atoms. The minimum Gasteiger partial charge on any atom is -0.478 e. The molecule has 0 saturated carbocycles. The Labute approximate surface area is 201 Å². The molecule has 34 heavy (non-hydrogen) atoms. The van der Waals surface area contributed by atoms with Gasteiger partial charge in [0, 0.05) is 23.5 Å². The zero-order valence-electron chi connectivity index (χ0n) is 20.0. The zero-order valence-corrected chi connectivity index (χ0v) is 20.0. The van der Waals surface area contributed by atoms with Gasteiger partial charge in [-0.1, -0.05) is 74.6 Å². The second-order valence-corrected chi connectivity index (χ2v) is 10.6. The minimum atomic E-state index is -1.27. The largest absolute Gasteiger partial charge is 0.478 e. The quantitative estimate of drug-likeness (QED) is 0.513. The summed E-state index contributed by atoms with van der Waals surface area (Å²) in [6.07, 6.45) is 9.19. The van der Waals surface area contributed by atoms with Crippen molar-refractivity contribution in [2.24, 2.45) is 29.1 Å². The maximum Gasteiger partial charge on any atom is 0.331 e. The van der Waals surface area contributed by atoms with Crippen LogP contribution in [0.25, 0.3) is 0 Å². The molecule has 3 aliphatic rings. The normalized spacial score (nSPS) is 41.8. The van der Waals surface area contributed by atoms with E-state index in [1.54, 1.807) is 25.2 Å². The summed E-state index contributed by atoms with van der Waals surface area (Å²) in [7, 11) is 0.